The SMILES string of the molecule is CC(C)c1ccc(-n2c(CCC(=O)O)ccc2-c2cccs2)cc1. The van der Waals surface area contributed by atoms with Crippen LogP contribution in [0, 0.1) is 0 Å². The second-order valence-electron chi connectivity index (χ2n) is 6.16. The lowest BCUT2D eigenvalue weighted by Gasteiger charge is -2.14. The second-order valence-corrected chi connectivity index (χ2v) is 7.11. The Bertz CT molecular complexity index is 814. The molecule has 0 saturated heterocycles. The van der Waals surface area contributed by atoms with Crippen LogP contribution >= 0.6 is 11.3 Å². The topological polar surface area (TPSA) is 42.2 Å². The molecule has 0 atom stereocenters. The van der Waals surface area contributed by atoms with Crippen LogP contribution in [0.5, 0.6) is 0 Å². The van der Waals surface area contributed by atoms with Crippen molar-refractivity contribution in [2.24, 2.45) is 0 Å². The zero-order chi connectivity index (χ0) is 17.1. The van der Waals surface area contributed by atoms with Gasteiger partial charge in [-0.2, -0.15) is 0 Å². The Hall–Kier alpha value is -2.33. The van der Waals surface area contributed by atoms with Crippen molar-refractivity contribution in [3.8, 4) is 16.3 Å². The molecule has 3 rings (SSSR count). The predicted molar refractivity (Wildman–Crippen MR) is 99.1 cm³/mol. The molecule has 4 heteroatoms. The summed E-state index contributed by atoms with van der Waals surface area (Å²) in [7, 11) is 0. The predicted octanol–water partition coefficient (Wildman–Crippen LogP) is 5.35. The van der Waals surface area contributed by atoms with Gasteiger partial charge in [0.1, 0.15) is 0 Å². The summed E-state index contributed by atoms with van der Waals surface area (Å²) in [4.78, 5) is 12.2. The fourth-order valence-corrected chi connectivity index (χ4v) is 3.58. The molecule has 0 fully saturated rings. The van der Waals surface area contributed by atoms with Crippen LogP contribution < -0.4 is 0 Å². The Kier molecular flexibility index (Phi) is 4.86. The van der Waals surface area contributed by atoms with Crippen molar-refractivity contribution in [3.05, 3.63) is 65.2 Å². The van der Waals surface area contributed by atoms with E-state index in [1.165, 1.54) is 10.4 Å². The van der Waals surface area contributed by atoms with Gasteiger partial charge in [0.25, 0.3) is 0 Å². The fraction of sp³-hybridized carbons (Fsp3) is 0.250. The summed E-state index contributed by atoms with van der Waals surface area (Å²) in [6, 6.07) is 16.8. The van der Waals surface area contributed by atoms with Gasteiger partial charge < -0.3 is 9.67 Å². The van der Waals surface area contributed by atoms with Crippen molar-refractivity contribution in [2.45, 2.75) is 32.6 Å². The number of rotatable bonds is 6. The first-order chi connectivity index (χ1) is 11.6. The van der Waals surface area contributed by atoms with E-state index in [-0.39, 0.29) is 6.42 Å². The van der Waals surface area contributed by atoms with Crippen LogP contribution in [-0.4, -0.2) is 15.6 Å². The van der Waals surface area contributed by atoms with Crippen LogP contribution in [0.4, 0.5) is 0 Å². The van der Waals surface area contributed by atoms with E-state index in [1.54, 1.807) is 11.3 Å². The molecule has 24 heavy (non-hydrogen) atoms. The molecule has 3 aromatic rings. The van der Waals surface area contributed by atoms with E-state index in [9.17, 15) is 4.79 Å². The van der Waals surface area contributed by atoms with Gasteiger partial charge in [-0.05, 0) is 53.6 Å². The molecule has 0 aliphatic heterocycles. The highest BCUT2D eigenvalue weighted by Crippen LogP contribution is 2.31. The van der Waals surface area contributed by atoms with Crippen LogP contribution in [0.2, 0.25) is 0 Å². The third-order valence-electron chi connectivity index (χ3n) is 4.15. The lowest BCUT2D eigenvalue weighted by molar-refractivity contribution is -0.136. The highest BCUT2D eigenvalue weighted by molar-refractivity contribution is 7.13. The molecular weight excluding hydrogens is 318 g/mol. The molecule has 0 radical (unpaired) electrons. The van der Waals surface area contributed by atoms with Crippen molar-refractivity contribution in [3.63, 3.8) is 0 Å². The minimum absolute atomic E-state index is 0.137. The maximum absolute atomic E-state index is 11.0. The van der Waals surface area contributed by atoms with Gasteiger partial charge in [-0.25, -0.2) is 0 Å². The summed E-state index contributed by atoms with van der Waals surface area (Å²) in [6.45, 7) is 4.36. The summed E-state index contributed by atoms with van der Waals surface area (Å²) in [5, 5.41) is 11.1. The van der Waals surface area contributed by atoms with E-state index in [2.05, 4.69) is 60.2 Å². The van der Waals surface area contributed by atoms with Gasteiger partial charge >= 0.3 is 5.97 Å². The lowest BCUT2D eigenvalue weighted by Crippen LogP contribution is -2.05. The summed E-state index contributed by atoms with van der Waals surface area (Å²) < 4.78 is 2.18. The standard InChI is InChI=1S/C20H21NO2S/c1-14(2)15-5-7-16(8-6-15)21-17(10-12-20(22)23)9-11-18(21)19-4-3-13-24-19/h3-9,11,13-14H,10,12H2,1-2H3,(H,22,23). The number of carbonyl (C=O) groups is 1. The van der Waals surface area contributed by atoms with Gasteiger partial charge in [0.2, 0.25) is 0 Å². The summed E-state index contributed by atoms with van der Waals surface area (Å²) in [6.07, 6.45) is 0.657. The summed E-state index contributed by atoms with van der Waals surface area (Å²) in [5.74, 6) is -0.275. The fourth-order valence-electron chi connectivity index (χ4n) is 2.84. The number of nitrogens with zero attached hydrogens (tertiary/aromatic N) is 1. The van der Waals surface area contributed by atoms with Crippen LogP contribution in [0.15, 0.2) is 53.9 Å². The number of aliphatic carboxylic acids is 1. The van der Waals surface area contributed by atoms with E-state index < -0.39 is 5.97 Å². The smallest absolute Gasteiger partial charge is 0.303 e. The Morgan fingerprint density at radius 1 is 1.12 bits per heavy atom. The number of aromatic nitrogens is 1. The first-order valence-electron chi connectivity index (χ1n) is 8.13. The molecule has 2 heterocycles. The van der Waals surface area contributed by atoms with Crippen LogP contribution in [0.1, 0.15) is 37.4 Å². The largest absolute Gasteiger partial charge is 0.481 e. The molecule has 1 N–H and O–H groups in total. The molecule has 3 nitrogen and oxygen atoms in total. The first kappa shape index (κ1) is 16.5. The third-order valence-corrected chi connectivity index (χ3v) is 5.04. The number of aryl methyl sites for hydroxylation is 1. The first-order valence-corrected chi connectivity index (χ1v) is 9.01. The average Bonchev–Trinajstić information content (AvgIpc) is 3.22. The van der Waals surface area contributed by atoms with Crippen molar-refractivity contribution in [1.29, 1.82) is 0 Å². The minimum atomic E-state index is -0.768. The Morgan fingerprint density at radius 3 is 2.46 bits per heavy atom. The molecular formula is C20H21NO2S. The summed E-state index contributed by atoms with van der Waals surface area (Å²) in [5.41, 5.74) is 4.52. The van der Waals surface area contributed by atoms with E-state index in [1.807, 2.05) is 12.1 Å². The average molecular weight is 339 g/mol. The number of benzene rings is 1. The number of carboxylic acids is 1. The van der Waals surface area contributed by atoms with Crippen molar-refractivity contribution >= 4 is 17.3 Å². The zero-order valence-corrected chi connectivity index (χ0v) is 14.7. The highest BCUT2D eigenvalue weighted by Gasteiger charge is 2.14. The molecule has 0 aliphatic rings. The van der Waals surface area contributed by atoms with Crippen molar-refractivity contribution in [1.82, 2.24) is 4.57 Å². The molecule has 0 amide bonds. The molecule has 2 aromatic heterocycles. The molecule has 1 aromatic carbocycles. The monoisotopic (exact) mass is 339 g/mol. The van der Waals surface area contributed by atoms with Crippen LogP contribution in [0.3, 0.4) is 0 Å². The Labute approximate surface area is 146 Å². The summed E-state index contributed by atoms with van der Waals surface area (Å²) >= 11 is 1.69. The number of thiophene rings is 1. The van der Waals surface area contributed by atoms with Gasteiger partial charge in [0.15, 0.2) is 0 Å². The highest BCUT2D eigenvalue weighted by atomic mass is 32.1. The normalized spacial score (nSPS) is 11.1. The lowest BCUT2D eigenvalue weighted by atomic mass is 10.0. The third kappa shape index (κ3) is 3.44. The van der Waals surface area contributed by atoms with Crippen LogP contribution in [0.25, 0.3) is 16.3 Å². The van der Waals surface area contributed by atoms with Crippen LogP contribution in [-0.2, 0) is 11.2 Å². The van der Waals surface area contributed by atoms with E-state index in [4.69, 9.17) is 5.11 Å². The molecule has 0 spiro atoms. The van der Waals surface area contributed by atoms with Gasteiger partial charge in [0.05, 0.1) is 17.0 Å². The van der Waals surface area contributed by atoms with E-state index in [0.29, 0.717) is 12.3 Å². The van der Waals surface area contributed by atoms with E-state index >= 15 is 0 Å². The molecule has 0 bridgehead atoms. The van der Waals surface area contributed by atoms with Gasteiger partial charge in [-0.3, -0.25) is 4.79 Å². The molecule has 0 unspecified atom stereocenters. The van der Waals surface area contributed by atoms with E-state index in [0.717, 1.165) is 17.1 Å². The maximum Gasteiger partial charge on any atom is 0.303 e. The minimum Gasteiger partial charge on any atom is -0.481 e. The number of hydrogen-bond acceptors (Lipinski definition) is 2. The maximum atomic E-state index is 11.0. The number of hydrogen-bond donors (Lipinski definition) is 1. The molecule has 0 saturated carbocycles. The molecule has 0 aliphatic carbocycles. The Morgan fingerprint density at radius 2 is 1.88 bits per heavy atom. The molecule has 124 valence electrons. The Balaban J connectivity index is 2.05. The van der Waals surface area contributed by atoms with Crippen molar-refractivity contribution < 1.29 is 9.90 Å². The van der Waals surface area contributed by atoms with Gasteiger partial charge in [0, 0.05) is 11.4 Å². The van der Waals surface area contributed by atoms with Gasteiger partial charge in [-0.15, -0.1) is 11.3 Å². The quantitative estimate of drug-likeness (QED) is 0.658. The van der Waals surface area contributed by atoms with Gasteiger partial charge in [-0.1, -0.05) is 32.0 Å². The zero-order valence-electron chi connectivity index (χ0n) is 13.9. The number of carboxylic acid groups (broad SMARTS) is 1. The second kappa shape index (κ2) is 7.05. The van der Waals surface area contributed by atoms with Crippen molar-refractivity contribution in [2.75, 3.05) is 0 Å².